The Balaban J connectivity index is 1.72. The highest BCUT2D eigenvalue weighted by atomic mass is 16.5. The normalized spacial score (nSPS) is 18.3. The van der Waals surface area contributed by atoms with E-state index in [0.29, 0.717) is 6.61 Å². The van der Waals surface area contributed by atoms with Crippen LogP contribution in [0.4, 0.5) is 0 Å². The fourth-order valence-electron chi connectivity index (χ4n) is 7.61. The lowest BCUT2D eigenvalue weighted by atomic mass is 9.76. The Kier molecular flexibility index (Phi) is 4.88. The minimum atomic E-state index is -0.131. The van der Waals surface area contributed by atoms with Crippen LogP contribution in [0.1, 0.15) is 47.3 Å². The SMILES string of the molecule is C=C(CO)C1C(CCOC)c2c3ccccc3c(C)c3c4ccccc4n4c5oc6c(c5[n+]1c4c23)CCC=C6. The van der Waals surface area contributed by atoms with E-state index in [1.807, 2.05) is 0 Å². The van der Waals surface area contributed by atoms with Gasteiger partial charge in [0.25, 0.3) is 5.65 Å². The van der Waals surface area contributed by atoms with Crippen LogP contribution in [0.25, 0.3) is 55.4 Å². The number of ether oxygens (including phenoxy) is 1. The predicted molar refractivity (Wildman–Crippen MR) is 156 cm³/mol. The number of aromatic nitrogens is 2. The van der Waals surface area contributed by atoms with Crippen molar-refractivity contribution < 1.29 is 18.8 Å². The molecule has 0 spiro atoms. The molecule has 194 valence electrons. The first-order valence-electron chi connectivity index (χ1n) is 13.9. The zero-order valence-electron chi connectivity index (χ0n) is 22.3. The first kappa shape index (κ1) is 23.0. The lowest BCUT2D eigenvalue weighted by molar-refractivity contribution is -0.669. The van der Waals surface area contributed by atoms with E-state index >= 15 is 0 Å². The summed E-state index contributed by atoms with van der Waals surface area (Å²) in [4.78, 5) is 0. The van der Waals surface area contributed by atoms with Crippen LogP contribution in [-0.4, -0.2) is 29.8 Å². The number of pyridine rings is 1. The van der Waals surface area contributed by atoms with E-state index in [4.69, 9.17) is 9.15 Å². The molecule has 4 heterocycles. The predicted octanol–water partition coefficient (Wildman–Crippen LogP) is 6.92. The number of aryl methyl sites for hydroxylation is 2. The van der Waals surface area contributed by atoms with Gasteiger partial charge in [0, 0.05) is 30.4 Å². The third-order valence-electron chi connectivity index (χ3n) is 9.14. The monoisotopic (exact) mass is 515 g/mol. The minimum Gasteiger partial charge on any atom is -0.419 e. The van der Waals surface area contributed by atoms with Crippen molar-refractivity contribution in [2.24, 2.45) is 0 Å². The van der Waals surface area contributed by atoms with E-state index in [9.17, 15) is 5.11 Å². The highest BCUT2D eigenvalue weighted by molar-refractivity contribution is 6.21. The molecule has 0 fully saturated rings. The molecule has 6 aromatic rings. The van der Waals surface area contributed by atoms with Crippen molar-refractivity contribution in [1.82, 2.24) is 4.40 Å². The summed E-state index contributed by atoms with van der Waals surface area (Å²) in [6.07, 6.45) is 7.05. The molecule has 39 heavy (non-hydrogen) atoms. The van der Waals surface area contributed by atoms with E-state index < -0.39 is 0 Å². The number of allylic oxidation sites excluding steroid dienone is 1. The number of aliphatic hydroxyl groups excluding tert-OH is 1. The summed E-state index contributed by atoms with van der Waals surface area (Å²) < 4.78 is 17.2. The van der Waals surface area contributed by atoms with Crippen LogP contribution in [0.2, 0.25) is 0 Å². The Morgan fingerprint density at radius 1 is 1.10 bits per heavy atom. The molecular weight excluding hydrogens is 484 g/mol. The van der Waals surface area contributed by atoms with Gasteiger partial charge in [-0.3, -0.25) is 0 Å². The summed E-state index contributed by atoms with van der Waals surface area (Å²) in [6, 6.07) is 17.4. The minimum absolute atomic E-state index is 0.0736. The maximum absolute atomic E-state index is 10.6. The van der Waals surface area contributed by atoms with Crippen molar-refractivity contribution in [3.8, 4) is 0 Å². The number of hydrogen-bond donors (Lipinski definition) is 1. The molecule has 1 aliphatic carbocycles. The van der Waals surface area contributed by atoms with Crippen molar-refractivity contribution in [3.05, 3.63) is 89.2 Å². The second-order valence-electron chi connectivity index (χ2n) is 11.1. The molecule has 0 radical (unpaired) electrons. The third kappa shape index (κ3) is 2.84. The number of fused-ring (bicyclic) bond motifs is 10. The van der Waals surface area contributed by atoms with Crippen molar-refractivity contribution in [1.29, 1.82) is 0 Å². The first-order valence-corrected chi connectivity index (χ1v) is 13.9. The molecule has 1 N–H and O–H groups in total. The number of imidazole rings is 1. The largest absolute Gasteiger partial charge is 0.419 e. The van der Waals surface area contributed by atoms with Crippen LogP contribution < -0.4 is 4.57 Å². The van der Waals surface area contributed by atoms with Crippen LogP contribution in [0.5, 0.6) is 0 Å². The summed E-state index contributed by atoms with van der Waals surface area (Å²) in [7, 11) is 1.77. The molecular formula is C34H31N2O3+. The Morgan fingerprint density at radius 2 is 1.87 bits per heavy atom. The summed E-state index contributed by atoms with van der Waals surface area (Å²) in [5.74, 6) is 1.02. The van der Waals surface area contributed by atoms with Gasteiger partial charge >= 0.3 is 5.71 Å². The van der Waals surface area contributed by atoms with Gasteiger partial charge in [-0.1, -0.05) is 55.1 Å². The van der Waals surface area contributed by atoms with E-state index in [0.717, 1.165) is 53.0 Å². The maximum atomic E-state index is 10.6. The Labute approximate surface area is 226 Å². The number of aliphatic hydroxyl groups is 1. The number of nitrogens with zero attached hydrogens (tertiary/aromatic N) is 2. The summed E-state index contributed by atoms with van der Waals surface area (Å²) >= 11 is 0. The Morgan fingerprint density at radius 3 is 2.67 bits per heavy atom. The fraction of sp³-hybridized carbons (Fsp3) is 0.265. The van der Waals surface area contributed by atoms with Gasteiger partial charge in [0.15, 0.2) is 0 Å². The topological polar surface area (TPSA) is 50.9 Å². The second-order valence-corrected chi connectivity index (χ2v) is 11.1. The van der Waals surface area contributed by atoms with Crippen LogP contribution >= 0.6 is 0 Å². The molecule has 2 aliphatic rings. The standard InChI is InChI=1S/C34H31N2O3/c1-19(18-37)31-25(16-17-38-3)29-22-11-5-4-10-21(22)20(2)28-23-12-6-8-14-26(23)35-33(30(28)29)36(31)32-24-13-7-9-15-27(24)39-34(32)35/h4-6,8-12,14-15,25,31,37H,1,7,13,16-18H2,2-3H3/q+1. The van der Waals surface area contributed by atoms with Crippen molar-refractivity contribution in [2.45, 2.75) is 38.1 Å². The van der Waals surface area contributed by atoms with Gasteiger partial charge in [-0.25, -0.2) is 4.57 Å². The van der Waals surface area contributed by atoms with Crippen molar-refractivity contribution >= 4 is 55.4 Å². The Bertz CT molecular complexity index is 2040. The van der Waals surface area contributed by atoms with Gasteiger partial charge in [0.2, 0.25) is 5.52 Å². The maximum Gasteiger partial charge on any atom is 0.344 e. The number of para-hydroxylation sites is 1. The van der Waals surface area contributed by atoms with E-state index in [1.165, 1.54) is 43.6 Å². The average Bonchev–Trinajstić information content (AvgIpc) is 3.51. The molecule has 5 nitrogen and oxygen atoms in total. The van der Waals surface area contributed by atoms with Crippen LogP contribution in [-0.2, 0) is 11.2 Å². The van der Waals surface area contributed by atoms with Crippen molar-refractivity contribution in [3.63, 3.8) is 0 Å². The number of benzene rings is 3. The summed E-state index contributed by atoms with van der Waals surface area (Å²) in [6.45, 7) is 7.27. The number of rotatable bonds is 5. The van der Waals surface area contributed by atoms with E-state index in [1.54, 1.807) is 7.11 Å². The van der Waals surface area contributed by atoms with E-state index in [2.05, 4.69) is 83.2 Å². The fourth-order valence-corrected chi connectivity index (χ4v) is 7.61. The van der Waals surface area contributed by atoms with Gasteiger partial charge in [0.1, 0.15) is 17.3 Å². The number of hydrogen-bond acceptors (Lipinski definition) is 3. The van der Waals surface area contributed by atoms with Gasteiger partial charge in [-0.15, -0.1) is 0 Å². The van der Waals surface area contributed by atoms with Gasteiger partial charge < -0.3 is 14.3 Å². The highest BCUT2D eigenvalue weighted by Crippen LogP contribution is 2.50. The summed E-state index contributed by atoms with van der Waals surface area (Å²) in [5.41, 5.74) is 8.95. The lowest BCUT2D eigenvalue weighted by Gasteiger charge is -2.33. The van der Waals surface area contributed by atoms with E-state index in [-0.39, 0.29) is 18.6 Å². The van der Waals surface area contributed by atoms with Gasteiger partial charge in [-0.05, 0) is 65.8 Å². The van der Waals surface area contributed by atoms with Crippen molar-refractivity contribution in [2.75, 3.05) is 20.3 Å². The third-order valence-corrected chi connectivity index (χ3v) is 9.14. The molecule has 0 saturated heterocycles. The zero-order valence-corrected chi connectivity index (χ0v) is 22.3. The molecule has 0 saturated carbocycles. The number of methoxy groups -OCH3 is 1. The van der Waals surface area contributed by atoms with Crippen LogP contribution in [0, 0.1) is 6.92 Å². The average molecular weight is 516 g/mol. The number of furan rings is 1. The molecule has 0 amide bonds. The molecule has 8 rings (SSSR count). The van der Waals surface area contributed by atoms with Gasteiger partial charge in [-0.2, -0.15) is 4.40 Å². The molecule has 2 unspecified atom stereocenters. The van der Waals surface area contributed by atoms with Gasteiger partial charge in [0.05, 0.1) is 17.6 Å². The lowest BCUT2D eigenvalue weighted by Crippen LogP contribution is -2.47. The zero-order chi connectivity index (χ0) is 26.4. The Hall–Kier alpha value is -3.93. The second kappa shape index (κ2) is 8.28. The molecule has 3 aromatic carbocycles. The smallest absolute Gasteiger partial charge is 0.344 e. The highest BCUT2D eigenvalue weighted by Gasteiger charge is 2.45. The summed E-state index contributed by atoms with van der Waals surface area (Å²) in [5, 5.41) is 16.9. The molecule has 0 bridgehead atoms. The molecule has 5 heteroatoms. The quantitative estimate of drug-likeness (QED) is 0.117. The van der Waals surface area contributed by atoms with Crippen LogP contribution in [0.3, 0.4) is 0 Å². The molecule has 1 aliphatic heterocycles. The molecule has 3 aromatic heterocycles. The first-order chi connectivity index (χ1) is 19.2. The van der Waals surface area contributed by atoms with Crippen LogP contribution in [0.15, 0.2) is 71.2 Å². The molecule has 2 atom stereocenters.